The number of hydrogen-bond acceptors (Lipinski definition) is 6. The van der Waals surface area contributed by atoms with Gasteiger partial charge >= 0.3 is 0 Å². The van der Waals surface area contributed by atoms with Crippen LogP contribution in [-0.4, -0.2) is 25.5 Å². The molecule has 0 aliphatic rings. The van der Waals surface area contributed by atoms with E-state index in [-0.39, 0.29) is 16.7 Å². The third-order valence-corrected chi connectivity index (χ3v) is 4.21. The average Bonchev–Trinajstić information content (AvgIpc) is 2.41. The normalized spacial score (nSPS) is 11.1. The molecule has 0 unspecified atom stereocenters. The lowest BCUT2D eigenvalue weighted by atomic mass is 10.3. The van der Waals surface area contributed by atoms with Crippen molar-refractivity contribution < 1.29 is 13.2 Å². The van der Waals surface area contributed by atoms with E-state index in [1.165, 1.54) is 37.6 Å². The fraction of sp³-hybridized carbons (Fsp3) is 0.0909. The monoisotopic (exact) mass is 358 g/mol. The lowest BCUT2D eigenvalue weighted by molar-refractivity contribution is 0.394. The number of methoxy groups -OCH3 is 1. The van der Waals surface area contributed by atoms with E-state index in [2.05, 4.69) is 30.6 Å². The largest absolute Gasteiger partial charge is 0.480 e. The Morgan fingerprint density at radius 1 is 1.30 bits per heavy atom. The zero-order valence-electron chi connectivity index (χ0n) is 10.4. The summed E-state index contributed by atoms with van der Waals surface area (Å²) in [5, 5.41) is 0. The van der Waals surface area contributed by atoms with Crippen LogP contribution >= 0.6 is 15.9 Å². The molecule has 1 aromatic heterocycles. The summed E-state index contributed by atoms with van der Waals surface area (Å²) in [5.41, 5.74) is 5.99. The van der Waals surface area contributed by atoms with Crippen LogP contribution in [0.25, 0.3) is 0 Å². The molecule has 0 atom stereocenters. The minimum atomic E-state index is -3.77. The average molecular weight is 359 g/mol. The Kier molecular flexibility index (Phi) is 4.09. The number of nitrogens with one attached hydrogen (secondary N) is 1. The molecule has 0 amide bonds. The molecule has 20 heavy (non-hydrogen) atoms. The predicted octanol–water partition coefficient (Wildman–Crippen LogP) is 1.63. The Morgan fingerprint density at radius 2 is 1.95 bits per heavy atom. The number of aromatic nitrogens is 2. The second kappa shape index (κ2) is 5.63. The summed E-state index contributed by atoms with van der Waals surface area (Å²) < 4.78 is 32.0. The number of nitrogens with two attached hydrogens (primary N) is 1. The molecular formula is C11H11BrN4O3S. The van der Waals surface area contributed by atoms with Crippen molar-refractivity contribution >= 4 is 37.6 Å². The molecule has 7 nitrogen and oxygen atoms in total. The van der Waals surface area contributed by atoms with Gasteiger partial charge in [-0.2, -0.15) is 4.98 Å². The van der Waals surface area contributed by atoms with Crippen molar-refractivity contribution in [3.8, 4) is 5.88 Å². The molecular weight excluding hydrogens is 348 g/mol. The highest BCUT2D eigenvalue weighted by Crippen LogP contribution is 2.23. The number of nitrogen functional groups attached to an aromatic ring is 1. The van der Waals surface area contributed by atoms with Crippen LogP contribution in [0.5, 0.6) is 5.88 Å². The van der Waals surface area contributed by atoms with Gasteiger partial charge in [-0.05, 0) is 40.2 Å². The van der Waals surface area contributed by atoms with Crippen molar-refractivity contribution in [1.29, 1.82) is 0 Å². The summed E-state index contributed by atoms with van der Waals surface area (Å²) in [6, 6.07) is 5.79. The van der Waals surface area contributed by atoms with Crippen molar-refractivity contribution in [2.75, 3.05) is 17.6 Å². The van der Waals surface area contributed by atoms with Gasteiger partial charge in [0.2, 0.25) is 11.8 Å². The second-order valence-electron chi connectivity index (χ2n) is 3.73. The molecule has 0 saturated carbocycles. The van der Waals surface area contributed by atoms with E-state index in [1.54, 1.807) is 0 Å². The first-order valence-corrected chi connectivity index (χ1v) is 7.65. The molecule has 0 aliphatic heterocycles. The maximum absolute atomic E-state index is 12.1. The van der Waals surface area contributed by atoms with Crippen LogP contribution in [-0.2, 0) is 10.0 Å². The molecule has 106 valence electrons. The van der Waals surface area contributed by atoms with Gasteiger partial charge in [0.25, 0.3) is 10.0 Å². The molecule has 0 aliphatic carbocycles. The van der Waals surface area contributed by atoms with Crippen molar-refractivity contribution in [2.45, 2.75) is 4.90 Å². The Balaban J connectivity index is 2.30. The Bertz CT molecular complexity index is 719. The van der Waals surface area contributed by atoms with Gasteiger partial charge in [0.05, 0.1) is 22.7 Å². The SMILES string of the molecule is COc1nc(NS(=O)(=O)c2ccc(N)cc2)ncc1Br. The molecule has 0 spiro atoms. The fourth-order valence-corrected chi connectivity index (χ4v) is 2.67. The van der Waals surface area contributed by atoms with E-state index >= 15 is 0 Å². The number of ether oxygens (including phenoxy) is 1. The van der Waals surface area contributed by atoms with Crippen molar-refractivity contribution in [2.24, 2.45) is 0 Å². The molecule has 2 aromatic rings. The first kappa shape index (κ1) is 14.5. The highest BCUT2D eigenvalue weighted by molar-refractivity contribution is 9.10. The van der Waals surface area contributed by atoms with Gasteiger partial charge in [-0.15, -0.1) is 0 Å². The lowest BCUT2D eigenvalue weighted by Gasteiger charge is -2.08. The van der Waals surface area contributed by atoms with E-state index in [4.69, 9.17) is 10.5 Å². The summed E-state index contributed by atoms with van der Waals surface area (Å²) in [6.07, 6.45) is 1.40. The van der Waals surface area contributed by atoms with Crippen LogP contribution in [0.2, 0.25) is 0 Å². The Labute approximate surface area is 124 Å². The minimum Gasteiger partial charge on any atom is -0.480 e. The topological polar surface area (TPSA) is 107 Å². The molecule has 0 fully saturated rings. The smallest absolute Gasteiger partial charge is 0.264 e. The van der Waals surface area contributed by atoms with Gasteiger partial charge in [-0.3, -0.25) is 0 Å². The maximum atomic E-state index is 12.1. The zero-order chi connectivity index (χ0) is 14.8. The zero-order valence-corrected chi connectivity index (χ0v) is 12.8. The van der Waals surface area contributed by atoms with Crippen LogP contribution < -0.4 is 15.2 Å². The molecule has 0 saturated heterocycles. The molecule has 3 N–H and O–H groups in total. The molecule has 0 bridgehead atoms. The quantitative estimate of drug-likeness (QED) is 0.804. The molecule has 2 rings (SSSR count). The first-order valence-electron chi connectivity index (χ1n) is 5.37. The summed E-state index contributed by atoms with van der Waals surface area (Å²) in [4.78, 5) is 7.85. The highest BCUT2D eigenvalue weighted by atomic mass is 79.9. The van der Waals surface area contributed by atoms with Crippen LogP contribution in [0.15, 0.2) is 39.8 Å². The summed E-state index contributed by atoms with van der Waals surface area (Å²) >= 11 is 3.18. The van der Waals surface area contributed by atoms with Crippen LogP contribution in [0.3, 0.4) is 0 Å². The van der Waals surface area contributed by atoms with Gasteiger partial charge in [0.1, 0.15) is 0 Å². The van der Waals surface area contributed by atoms with E-state index in [0.717, 1.165) is 0 Å². The van der Waals surface area contributed by atoms with Gasteiger partial charge in [0, 0.05) is 5.69 Å². The van der Waals surface area contributed by atoms with E-state index in [9.17, 15) is 8.42 Å². The fourth-order valence-electron chi connectivity index (χ4n) is 1.37. The van der Waals surface area contributed by atoms with E-state index in [0.29, 0.717) is 10.2 Å². The Hall–Kier alpha value is -1.87. The van der Waals surface area contributed by atoms with Crippen LogP contribution in [0.4, 0.5) is 11.6 Å². The molecule has 0 radical (unpaired) electrons. The van der Waals surface area contributed by atoms with E-state index < -0.39 is 10.0 Å². The lowest BCUT2D eigenvalue weighted by Crippen LogP contribution is -2.15. The van der Waals surface area contributed by atoms with Crippen molar-refractivity contribution in [1.82, 2.24) is 9.97 Å². The molecule has 1 heterocycles. The van der Waals surface area contributed by atoms with Crippen molar-refractivity contribution in [3.05, 3.63) is 34.9 Å². The number of anilines is 2. The minimum absolute atomic E-state index is 0.0668. The number of sulfonamides is 1. The predicted molar refractivity (Wildman–Crippen MR) is 77.9 cm³/mol. The summed E-state index contributed by atoms with van der Waals surface area (Å²) in [6.45, 7) is 0. The van der Waals surface area contributed by atoms with Gasteiger partial charge < -0.3 is 10.5 Å². The third kappa shape index (κ3) is 3.17. The molecule has 9 heteroatoms. The third-order valence-electron chi connectivity index (χ3n) is 2.32. The molecule has 1 aromatic carbocycles. The number of hydrogen-bond donors (Lipinski definition) is 2. The number of rotatable bonds is 4. The second-order valence-corrected chi connectivity index (χ2v) is 6.26. The number of halogens is 1. The maximum Gasteiger partial charge on any atom is 0.264 e. The van der Waals surface area contributed by atoms with Gasteiger partial charge in [0.15, 0.2) is 0 Å². The standard InChI is InChI=1S/C11H11BrN4O3S/c1-19-10-9(12)6-14-11(15-10)16-20(17,18)8-4-2-7(13)3-5-8/h2-6H,13H2,1H3,(H,14,15,16). The summed E-state index contributed by atoms with van der Waals surface area (Å²) in [7, 11) is -2.35. The van der Waals surface area contributed by atoms with Crippen LogP contribution in [0.1, 0.15) is 0 Å². The van der Waals surface area contributed by atoms with Gasteiger partial charge in [-0.25, -0.2) is 18.1 Å². The van der Waals surface area contributed by atoms with Crippen LogP contribution in [0, 0.1) is 0 Å². The first-order chi connectivity index (χ1) is 9.42. The number of benzene rings is 1. The Morgan fingerprint density at radius 3 is 2.55 bits per heavy atom. The highest BCUT2D eigenvalue weighted by Gasteiger charge is 2.16. The summed E-state index contributed by atoms with van der Waals surface area (Å²) in [5.74, 6) is 0.150. The van der Waals surface area contributed by atoms with E-state index in [1.807, 2.05) is 0 Å². The number of nitrogens with zero attached hydrogens (tertiary/aromatic N) is 2. The van der Waals surface area contributed by atoms with Crippen molar-refractivity contribution in [3.63, 3.8) is 0 Å². The van der Waals surface area contributed by atoms with Gasteiger partial charge in [-0.1, -0.05) is 0 Å².